The van der Waals surface area contributed by atoms with E-state index in [1.807, 2.05) is 0 Å². The maximum Gasteiger partial charge on any atom is 0.219 e. The van der Waals surface area contributed by atoms with Crippen molar-refractivity contribution < 1.29 is 14.3 Å². The van der Waals surface area contributed by atoms with E-state index in [-0.39, 0.29) is 23.6 Å². The topological polar surface area (TPSA) is 103 Å². The van der Waals surface area contributed by atoms with Crippen LogP contribution in [0.3, 0.4) is 0 Å². The van der Waals surface area contributed by atoms with Gasteiger partial charge in [-0.25, -0.2) is 9.97 Å². The van der Waals surface area contributed by atoms with Crippen LogP contribution in [0.25, 0.3) is 0 Å². The van der Waals surface area contributed by atoms with Gasteiger partial charge in [-0.15, -0.1) is 0 Å². The van der Waals surface area contributed by atoms with Crippen molar-refractivity contribution in [1.29, 1.82) is 0 Å². The second-order valence-electron chi connectivity index (χ2n) is 6.61. The second kappa shape index (κ2) is 7.42. The van der Waals surface area contributed by atoms with E-state index in [1.165, 1.54) is 6.92 Å². The summed E-state index contributed by atoms with van der Waals surface area (Å²) in [5.41, 5.74) is 6.26. The molecule has 0 aromatic carbocycles. The Morgan fingerprint density at radius 1 is 1.50 bits per heavy atom. The van der Waals surface area contributed by atoms with Gasteiger partial charge in [0.1, 0.15) is 5.60 Å². The summed E-state index contributed by atoms with van der Waals surface area (Å²) in [7, 11) is 0. The van der Waals surface area contributed by atoms with Crippen molar-refractivity contribution in [3.05, 3.63) is 18.0 Å². The molecule has 0 bridgehead atoms. The van der Waals surface area contributed by atoms with Crippen LogP contribution in [0, 0.1) is 0 Å². The first-order chi connectivity index (χ1) is 11.5. The first kappa shape index (κ1) is 17.1. The molecule has 3 heterocycles. The van der Waals surface area contributed by atoms with Crippen molar-refractivity contribution in [2.45, 2.75) is 38.0 Å². The minimum absolute atomic E-state index is 0.0263. The monoisotopic (exact) mass is 335 g/mol. The molecule has 2 aliphatic rings. The van der Waals surface area contributed by atoms with E-state index in [2.05, 4.69) is 20.2 Å². The van der Waals surface area contributed by atoms with Crippen molar-refractivity contribution in [3.8, 4) is 0 Å². The van der Waals surface area contributed by atoms with Gasteiger partial charge >= 0.3 is 0 Å². The number of rotatable bonds is 4. The summed E-state index contributed by atoms with van der Waals surface area (Å²) in [5, 5.41) is 2.83. The lowest BCUT2D eigenvalue weighted by Gasteiger charge is -2.32. The molecule has 2 saturated heterocycles. The van der Waals surface area contributed by atoms with Gasteiger partial charge < -0.3 is 20.5 Å². The average Bonchev–Trinajstić information content (AvgIpc) is 2.83. The van der Waals surface area contributed by atoms with Crippen molar-refractivity contribution in [3.63, 3.8) is 0 Å². The molecule has 0 saturated carbocycles. The Hall–Kier alpha value is -1.77. The number of hydrogen-bond acceptors (Lipinski definition) is 7. The molecule has 3 N–H and O–H groups in total. The average molecular weight is 335 g/mol. The maximum atomic E-state index is 11.1. The van der Waals surface area contributed by atoms with Crippen LogP contribution in [-0.2, 0) is 20.8 Å². The van der Waals surface area contributed by atoms with Crippen LogP contribution in [0.5, 0.6) is 0 Å². The van der Waals surface area contributed by atoms with Crippen LogP contribution in [0.2, 0.25) is 0 Å². The van der Waals surface area contributed by atoms with E-state index < -0.39 is 0 Å². The molecule has 0 unspecified atom stereocenters. The smallest absolute Gasteiger partial charge is 0.219 e. The van der Waals surface area contributed by atoms with Crippen LogP contribution in [0.1, 0.15) is 25.3 Å². The molecular weight excluding hydrogens is 310 g/mol. The molecule has 3 rings (SSSR count). The van der Waals surface area contributed by atoms with Crippen LogP contribution < -0.4 is 11.1 Å². The Morgan fingerprint density at radius 3 is 3.04 bits per heavy atom. The number of aromatic nitrogens is 2. The highest BCUT2D eigenvalue weighted by molar-refractivity contribution is 5.72. The largest absolute Gasteiger partial charge is 0.377 e. The zero-order valence-corrected chi connectivity index (χ0v) is 14.0. The molecule has 2 aliphatic heterocycles. The van der Waals surface area contributed by atoms with Crippen LogP contribution in [0.15, 0.2) is 12.4 Å². The first-order valence-electron chi connectivity index (χ1n) is 8.33. The van der Waals surface area contributed by atoms with Crippen LogP contribution in [0.4, 0.5) is 5.95 Å². The highest BCUT2D eigenvalue weighted by Crippen LogP contribution is 2.33. The minimum Gasteiger partial charge on any atom is -0.377 e. The fraction of sp³-hybridized carbons (Fsp3) is 0.688. The third kappa shape index (κ3) is 4.40. The van der Waals surface area contributed by atoms with E-state index in [0.717, 1.165) is 38.0 Å². The molecule has 2 fully saturated rings. The molecule has 0 radical (unpaired) electrons. The summed E-state index contributed by atoms with van der Waals surface area (Å²) >= 11 is 0. The highest BCUT2D eigenvalue weighted by Gasteiger charge is 2.42. The lowest BCUT2D eigenvalue weighted by atomic mass is 10.00. The van der Waals surface area contributed by atoms with Gasteiger partial charge in [0.25, 0.3) is 0 Å². The molecule has 8 nitrogen and oxygen atoms in total. The number of nitrogens with zero attached hydrogens (tertiary/aromatic N) is 3. The lowest BCUT2D eigenvalue weighted by Crippen LogP contribution is -2.45. The van der Waals surface area contributed by atoms with E-state index in [1.54, 1.807) is 12.4 Å². The number of nitrogens with two attached hydrogens (primary N) is 1. The SMILES string of the molecule is CC(=O)NC[C@@H]1CC[C@]2(COCCN(Cc3cnc(N)nc3)C2)O1. The summed E-state index contributed by atoms with van der Waals surface area (Å²) in [6.07, 6.45) is 5.44. The molecular formula is C16H25N5O3. The molecule has 24 heavy (non-hydrogen) atoms. The van der Waals surface area contributed by atoms with Crippen molar-refractivity contribution in [2.75, 3.05) is 38.6 Å². The quantitative estimate of drug-likeness (QED) is 0.795. The van der Waals surface area contributed by atoms with Gasteiger partial charge in [-0.05, 0) is 12.8 Å². The normalized spacial score (nSPS) is 28.0. The summed E-state index contributed by atoms with van der Waals surface area (Å²) < 4.78 is 12.1. The van der Waals surface area contributed by atoms with Crippen molar-refractivity contribution >= 4 is 11.9 Å². The number of ether oxygens (including phenoxy) is 2. The molecule has 8 heteroatoms. The van der Waals surface area contributed by atoms with Crippen LogP contribution >= 0.6 is 0 Å². The summed E-state index contributed by atoms with van der Waals surface area (Å²) in [4.78, 5) is 21.5. The van der Waals surface area contributed by atoms with Gasteiger partial charge in [0.05, 0.1) is 19.3 Å². The third-order valence-corrected chi connectivity index (χ3v) is 4.48. The minimum atomic E-state index is -0.297. The Bertz CT molecular complexity index is 567. The highest BCUT2D eigenvalue weighted by atomic mass is 16.6. The van der Waals surface area contributed by atoms with E-state index in [9.17, 15) is 4.79 Å². The molecule has 1 spiro atoms. The van der Waals surface area contributed by atoms with E-state index >= 15 is 0 Å². The molecule has 1 amide bonds. The molecule has 0 aliphatic carbocycles. The van der Waals surface area contributed by atoms with Gasteiger partial charge in [0, 0.05) is 51.1 Å². The Kier molecular flexibility index (Phi) is 5.27. The molecule has 1 aromatic heterocycles. The summed E-state index contributed by atoms with van der Waals surface area (Å²) in [5.74, 6) is 0.260. The van der Waals surface area contributed by atoms with Crippen molar-refractivity contribution in [2.24, 2.45) is 0 Å². The standard InChI is InChI=1S/C16H25N5O3/c1-12(22)18-8-14-2-3-16(24-14)10-21(4-5-23-11-16)9-13-6-19-15(17)20-7-13/h6-7,14H,2-5,8-11H2,1H3,(H,18,22)(H2,17,19,20)/t14-,16-/m0/s1. The number of carbonyl (C=O) groups excluding carboxylic acids is 1. The first-order valence-corrected chi connectivity index (χ1v) is 8.33. The Labute approximate surface area is 141 Å². The zero-order valence-electron chi connectivity index (χ0n) is 14.0. The number of carbonyl (C=O) groups is 1. The molecule has 132 valence electrons. The molecule has 1 aromatic rings. The second-order valence-corrected chi connectivity index (χ2v) is 6.61. The van der Waals surface area contributed by atoms with E-state index in [4.69, 9.17) is 15.2 Å². The number of nitrogen functional groups attached to an aromatic ring is 1. The fourth-order valence-corrected chi connectivity index (χ4v) is 3.34. The Balaban J connectivity index is 1.60. The van der Waals surface area contributed by atoms with Gasteiger partial charge in [-0.1, -0.05) is 0 Å². The maximum absolute atomic E-state index is 11.1. The number of anilines is 1. The summed E-state index contributed by atoms with van der Waals surface area (Å²) in [6, 6.07) is 0. The van der Waals surface area contributed by atoms with E-state index in [0.29, 0.717) is 19.8 Å². The third-order valence-electron chi connectivity index (χ3n) is 4.48. The van der Waals surface area contributed by atoms with Crippen molar-refractivity contribution in [1.82, 2.24) is 20.2 Å². The zero-order chi connectivity index (χ0) is 17.0. The summed E-state index contributed by atoms with van der Waals surface area (Å²) in [6.45, 7) is 5.74. The fourth-order valence-electron chi connectivity index (χ4n) is 3.34. The van der Waals surface area contributed by atoms with Gasteiger partial charge in [-0.2, -0.15) is 0 Å². The Morgan fingerprint density at radius 2 is 2.29 bits per heavy atom. The lowest BCUT2D eigenvalue weighted by molar-refractivity contribution is -0.121. The van der Waals surface area contributed by atoms with Gasteiger partial charge in [-0.3, -0.25) is 9.69 Å². The molecule has 2 atom stereocenters. The predicted octanol–water partition coefficient (Wildman–Crippen LogP) is -0.0551. The number of hydrogen-bond donors (Lipinski definition) is 2. The van der Waals surface area contributed by atoms with Crippen LogP contribution in [-0.4, -0.2) is 65.3 Å². The predicted molar refractivity (Wildman–Crippen MR) is 88.1 cm³/mol. The van der Waals surface area contributed by atoms with Gasteiger partial charge in [0.15, 0.2) is 0 Å². The number of amides is 1. The number of nitrogens with one attached hydrogen (secondary N) is 1. The van der Waals surface area contributed by atoms with Gasteiger partial charge in [0.2, 0.25) is 11.9 Å².